The van der Waals surface area contributed by atoms with Gasteiger partial charge in [-0.05, 0) is 61.9 Å². The standard InChI is InChI=1S/C29H26Cl2N2O3/c1-32(2)17-8-9-18-23(15-17)36-28-19-7-5-13-33-12-4-3-6-16(27(19)33)14-20(28)24(18)25-21(30)10-11-22(31)26(25)29(34)35/h8-11,14-15H,3-7,12-13H2,1-2H3/p+1. The molecule has 0 bridgehead atoms. The summed E-state index contributed by atoms with van der Waals surface area (Å²) in [7, 11) is 3.97. The summed E-state index contributed by atoms with van der Waals surface area (Å²) >= 11 is 13.2. The van der Waals surface area contributed by atoms with Crippen LogP contribution >= 0.6 is 23.2 Å². The molecular formula is C29H27Cl2N2O3+. The van der Waals surface area contributed by atoms with Gasteiger partial charge in [-0.1, -0.05) is 23.2 Å². The summed E-state index contributed by atoms with van der Waals surface area (Å²) in [4.78, 5) is 15.0. The SMILES string of the molecule is C[N+](C)=c1ccc2c(-c3c(Cl)ccc(Cl)c3C(=O)O)c3cc4c5c(c3oc-2c1)CCCN5CCCC4. The molecule has 2 aromatic carbocycles. The van der Waals surface area contributed by atoms with Gasteiger partial charge >= 0.3 is 5.97 Å². The number of halogens is 2. The van der Waals surface area contributed by atoms with Gasteiger partial charge in [0.15, 0.2) is 0 Å². The number of fused-ring (bicyclic) bond motifs is 3. The van der Waals surface area contributed by atoms with Crippen molar-refractivity contribution in [2.24, 2.45) is 0 Å². The van der Waals surface area contributed by atoms with E-state index in [2.05, 4.69) is 11.0 Å². The van der Waals surface area contributed by atoms with Gasteiger partial charge in [0.25, 0.3) is 0 Å². The molecule has 0 atom stereocenters. The summed E-state index contributed by atoms with van der Waals surface area (Å²) in [6.45, 7) is 2.11. The second-order valence-electron chi connectivity index (χ2n) is 9.92. The fourth-order valence-corrected chi connectivity index (χ4v) is 6.39. The molecule has 0 saturated heterocycles. The second-order valence-corrected chi connectivity index (χ2v) is 10.7. The lowest BCUT2D eigenvalue weighted by molar-refractivity contribution is 0.0698. The third kappa shape index (κ3) is 3.60. The highest BCUT2D eigenvalue weighted by Gasteiger charge is 2.31. The third-order valence-corrected chi connectivity index (χ3v) is 8.15. The zero-order valence-corrected chi connectivity index (χ0v) is 21.8. The van der Waals surface area contributed by atoms with Gasteiger partial charge in [0.1, 0.15) is 25.4 Å². The van der Waals surface area contributed by atoms with E-state index in [1.54, 1.807) is 12.1 Å². The molecule has 3 heterocycles. The maximum Gasteiger partial charge on any atom is 0.337 e. The van der Waals surface area contributed by atoms with Crippen molar-refractivity contribution in [1.29, 1.82) is 0 Å². The molecule has 1 aliphatic carbocycles. The normalized spacial score (nSPS) is 15.2. The van der Waals surface area contributed by atoms with E-state index in [1.165, 1.54) is 16.8 Å². The molecule has 0 amide bonds. The van der Waals surface area contributed by atoms with Gasteiger partial charge in [-0.3, -0.25) is 0 Å². The number of hydrogen-bond donors (Lipinski definition) is 1. The Morgan fingerprint density at radius 1 is 0.972 bits per heavy atom. The maximum absolute atomic E-state index is 12.5. The van der Waals surface area contributed by atoms with Crippen LogP contribution in [0.15, 0.2) is 40.8 Å². The zero-order chi connectivity index (χ0) is 25.1. The van der Waals surface area contributed by atoms with Crippen LogP contribution in [-0.2, 0) is 12.8 Å². The first kappa shape index (κ1) is 23.4. The van der Waals surface area contributed by atoms with E-state index < -0.39 is 5.97 Å². The number of aromatic carboxylic acids is 1. The number of carboxylic acid groups (broad SMARTS) is 1. The zero-order valence-electron chi connectivity index (χ0n) is 20.3. The largest absolute Gasteiger partial charge is 0.478 e. The van der Waals surface area contributed by atoms with Crippen molar-refractivity contribution in [3.05, 3.63) is 68.5 Å². The summed E-state index contributed by atoms with van der Waals surface area (Å²) in [5, 5.41) is 12.6. The highest BCUT2D eigenvalue weighted by atomic mass is 35.5. The van der Waals surface area contributed by atoms with E-state index >= 15 is 0 Å². The van der Waals surface area contributed by atoms with Gasteiger partial charge in [0.05, 0.1) is 16.7 Å². The summed E-state index contributed by atoms with van der Waals surface area (Å²) in [6.07, 6.45) is 5.25. The first-order valence-electron chi connectivity index (χ1n) is 12.4. The molecule has 0 unspecified atom stereocenters. The number of carboxylic acids is 1. The van der Waals surface area contributed by atoms with Crippen molar-refractivity contribution in [1.82, 2.24) is 4.58 Å². The predicted molar refractivity (Wildman–Crippen MR) is 146 cm³/mol. The molecule has 0 saturated carbocycles. The molecule has 6 rings (SSSR count). The molecule has 4 aliphatic rings. The summed E-state index contributed by atoms with van der Waals surface area (Å²) in [5.41, 5.74) is 6.66. The van der Waals surface area contributed by atoms with Crippen molar-refractivity contribution in [2.75, 3.05) is 32.1 Å². The number of benzene rings is 3. The highest BCUT2D eigenvalue weighted by Crippen LogP contribution is 2.49. The van der Waals surface area contributed by atoms with E-state index in [0.29, 0.717) is 16.3 Å². The molecular weight excluding hydrogens is 495 g/mol. The minimum absolute atomic E-state index is 0.0138. The molecule has 184 valence electrons. The van der Waals surface area contributed by atoms with Crippen molar-refractivity contribution in [3.8, 4) is 22.5 Å². The Morgan fingerprint density at radius 2 is 1.75 bits per heavy atom. The monoisotopic (exact) mass is 521 g/mol. The van der Waals surface area contributed by atoms with Crippen molar-refractivity contribution in [2.45, 2.75) is 32.1 Å². The van der Waals surface area contributed by atoms with Crippen LogP contribution in [0.4, 0.5) is 5.69 Å². The van der Waals surface area contributed by atoms with Gasteiger partial charge in [0, 0.05) is 57.5 Å². The smallest absolute Gasteiger partial charge is 0.337 e. The highest BCUT2D eigenvalue weighted by molar-refractivity contribution is 6.39. The molecule has 3 aliphatic heterocycles. The first-order chi connectivity index (χ1) is 17.3. The van der Waals surface area contributed by atoms with Crippen LogP contribution in [-0.4, -0.2) is 38.3 Å². The predicted octanol–water partition coefficient (Wildman–Crippen LogP) is 6.33. The summed E-state index contributed by atoms with van der Waals surface area (Å²) in [5.74, 6) is -0.412. The number of carbonyl (C=O) groups is 1. The topological polar surface area (TPSA) is 56.7 Å². The van der Waals surface area contributed by atoms with E-state index in [9.17, 15) is 9.90 Å². The van der Waals surface area contributed by atoms with Crippen LogP contribution in [0.25, 0.3) is 33.4 Å². The second kappa shape index (κ2) is 8.82. The third-order valence-electron chi connectivity index (χ3n) is 7.52. The number of anilines is 1. The van der Waals surface area contributed by atoms with Crippen LogP contribution < -0.4 is 14.8 Å². The molecule has 7 heteroatoms. The van der Waals surface area contributed by atoms with Gasteiger partial charge in [-0.15, -0.1) is 0 Å². The minimum atomic E-state index is -1.10. The van der Waals surface area contributed by atoms with E-state index in [0.717, 1.165) is 72.6 Å². The molecule has 0 radical (unpaired) electrons. The molecule has 1 N–H and O–H groups in total. The molecule has 0 fully saturated rings. The number of nitrogens with zero attached hydrogens (tertiary/aromatic N) is 2. The fourth-order valence-electron chi connectivity index (χ4n) is 5.90. The van der Waals surface area contributed by atoms with E-state index in [4.69, 9.17) is 27.6 Å². The van der Waals surface area contributed by atoms with Crippen molar-refractivity contribution >= 4 is 45.8 Å². The lowest BCUT2D eigenvalue weighted by atomic mass is 9.86. The lowest BCUT2D eigenvalue weighted by Gasteiger charge is -2.33. The van der Waals surface area contributed by atoms with E-state index in [1.807, 2.05) is 36.9 Å². The Kier molecular flexibility index (Phi) is 5.73. The molecule has 2 aromatic rings. The Bertz CT molecular complexity index is 1600. The Morgan fingerprint density at radius 3 is 2.53 bits per heavy atom. The van der Waals surface area contributed by atoms with Crippen LogP contribution in [0, 0.1) is 0 Å². The van der Waals surface area contributed by atoms with Crippen LogP contribution in [0.1, 0.15) is 40.7 Å². The number of hydrogen-bond acceptors (Lipinski definition) is 3. The van der Waals surface area contributed by atoms with Gasteiger partial charge < -0.3 is 14.4 Å². The first-order valence-corrected chi connectivity index (χ1v) is 13.1. The molecule has 0 aromatic heterocycles. The van der Waals surface area contributed by atoms with Crippen LogP contribution in [0.5, 0.6) is 0 Å². The van der Waals surface area contributed by atoms with Gasteiger partial charge in [-0.25, -0.2) is 9.37 Å². The van der Waals surface area contributed by atoms with Crippen molar-refractivity contribution in [3.63, 3.8) is 0 Å². The molecule has 5 nitrogen and oxygen atoms in total. The number of rotatable bonds is 2. The Hall–Kier alpha value is -3.02. The molecule has 0 spiro atoms. The summed E-state index contributed by atoms with van der Waals surface area (Å²) < 4.78 is 8.73. The van der Waals surface area contributed by atoms with E-state index in [-0.39, 0.29) is 10.6 Å². The van der Waals surface area contributed by atoms with Gasteiger partial charge in [-0.2, -0.15) is 0 Å². The Balaban J connectivity index is 1.85. The average Bonchev–Trinajstić information content (AvgIpc) is 3.07. The number of aryl methyl sites for hydroxylation is 2. The van der Waals surface area contributed by atoms with Crippen molar-refractivity contribution < 1.29 is 14.3 Å². The lowest BCUT2D eigenvalue weighted by Crippen LogP contribution is -2.30. The minimum Gasteiger partial charge on any atom is -0.478 e. The van der Waals surface area contributed by atoms with Gasteiger partial charge in [0.2, 0.25) is 5.36 Å². The maximum atomic E-state index is 12.5. The fraction of sp³-hybridized carbons (Fsp3) is 0.310. The summed E-state index contributed by atoms with van der Waals surface area (Å²) in [6, 6.07) is 11.5. The Labute approximate surface area is 219 Å². The van der Waals surface area contributed by atoms with Crippen LogP contribution in [0.2, 0.25) is 10.0 Å². The van der Waals surface area contributed by atoms with Crippen LogP contribution in [0.3, 0.4) is 0 Å². The molecule has 36 heavy (non-hydrogen) atoms. The quantitative estimate of drug-likeness (QED) is 0.247. The average molecular weight is 522 g/mol.